The highest BCUT2D eigenvalue weighted by Gasteiger charge is 2.26. The zero-order valence-corrected chi connectivity index (χ0v) is 12.2. The van der Waals surface area contributed by atoms with Crippen molar-refractivity contribution in [3.8, 4) is 0 Å². The van der Waals surface area contributed by atoms with Crippen LogP contribution in [0.5, 0.6) is 0 Å². The first-order valence-corrected chi connectivity index (χ1v) is 7.56. The van der Waals surface area contributed by atoms with Gasteiger partial charge < -0.3 is 10.4 Å². The van der Waals surface area contributed by atoms with Crippen molar-refractivity contribution in [1.82, 2.24) is 5.32 Å². The molecule has 110 valence electrons. The number of carbonyl (C=O) groups is 2. The van der Waals surface area contributed by atoms with Crippen molar-refractivity contribution in [3.05, 3.63) is 0 Å². The summed E-state index contributed by atoms with van der Waals surface area (Å²) in [5, 5.41) is 11.9. The van der Waals surface area contributed by atoms with E-state index >= 15 is 0 Å². The van der Waals surface area contributed by atoms with E-state index in [1.54, 1.807) is 0 Å². The molecule has 0 aromatic heterocycles. The van der Waals surface area contributed by atoms with Crippen LogP contribution in [0.15, 0.2) is 0 Å². The summed E-state index contributed by atoms with van der Waals surface area (Å²) in [6.07, 6.45) is 8.38. The third kappa shape index (κ3) is 5.62. The third-order valence-corrected chi connectivity index (χ3v) is 4.24. The summed E-state index contributed by atoms with van der Waals surface area (Å²) in [4.78, 5) is 23.2. The zero-order valence-electron chi connectivity index (χ0n) is 12.2. The number of rotatable bonds is 6. The van der Waals surface area contributed by atoms with Gasteiger partial charge in [0, 0.05) is 6.42 Å². The molecular weight excluding hydrogens is 242 g/mol. The molecule has 0 saturated heterocycles. The summed E-state index contributed by atoms with van der Waals surface area (Å²) in [6, 6.07) is -0.747. The van der Waals surface area contributed by atoms with Crippen LogP contribution in [0.3, 0.4) is 0 Å². The lowest BCUT2D eigenvalue weighted by Gasteiger charge is -2.21. The first-order valence-electron chi connectivity index (χ1n) is 7.56. The van der Waals surface area contributed by atoms with Crippen molar-refractivity contribution < 1.29 is 14.7 Å². The van der Waals surface area contributed by atoms with Crippen LogP contribution in [0, 0.1) is 11.8 Å². The lowest BCUT2D eigenvalue weighted by Crippen LogP contribution is -2.45. The van der Waals surface area contributed by atoms with Gasteiger partial charge in [0.05, 0.1) is 0 Å². The molecule has 1 saturated carbocycles. The van der Waals surface area contributed by atoms with E-state index in [0.29, 0.717) is 12.3 Å². The van der Waals surface area contributed by atoms with Gasteiger partial charge in [0.25, 0.3) is 0 Å². The maximum Gasteiger partial charge on any atom is 0.326 e. The number of carboxylic acids is 1. The first kappa shape index (κ1) is 16.0. The first-order chi connectivity index (χ1) is 9.04. The maximum absolute atomic E-state index is 12.0. The number of hydrogen-bond acceptors (Lipinski definition) is 2. The zero-order chi connectivity index (χ0) is 14.3. The number of carboxylic acid groups (broad SMARTS) is 1. The van der Waals surface area contributed by atoms with E-state index in [4.69, 9.17) is 5.11 Å². The molecule has 1 fully saturated rings. The largest absolute Gasteiger partial charge is 0.480 e. The minimum Gasteiger partial charge on any atom is -0.480 e. The van der Waals surface area contributed by atoms with Crippen molar-refractivity contribution in [2.24, 2.45) is 11.8 Å². The van der Waals surface area contributed by atoms with E-state index in [0.717, 1.165) is 19.3 Å². The second-order valence-corrected chi connectivity index (χ2v) is 5.83. The maximum atomic E-state index is 12.0. The van der Waals surface area contributed by atoms with Crippen molar-refractivity contribution in [1.29, 1.82) is 0 Å². The van der Waals surface area contributed by atoms with Crippen LogP contribution in [-0.4, -0.2) is 23.0 Å². The normalized spacial score (nSPS) is 20.3. The fraction of sp³-hybridized carbons (Fsp3) is 0.867. The van der Waals surface area contributed by atoms with E-state index < -0.39 is 12.0 Å². The molecule has 4 nitrogen and oxygen atoms in total. The van der Waals surface area contributed by atoms with Gasteiger partial charge in [-0.3, -0.25) is 4.79 Å². The number of aliphatic carboxylic acids is 1. The lowest BCUT2D eigenvalue weighted by molar-refractivity contribution is -0.143. The topological polar surface area (TPSA) is 66.4 Å². The molecule has 1 aliphatic rings. The molecule has 0 aromatic carbocycles. The predicted octanol–water partition coefficient (Wildman–Crippen LogP) is 2.96. The Morgan fingerprint density at radius 2 is 1.79 bits per heavy atom. The van der Waals surface area contributed by atoms with E-state index in [9.17, 15) is 9.59 Å². The molecule has 1 aliphatic carbocycles. The van der Waals surface area contributed by atoms with Gasteiger partial charge in [0.2, 0.25) is 5.91 Å². The van der Waals surface area contributed by atoms with E-state index in [1.165, 1.54) is 25.7 Å². The Morgan fingerprint density at radius 3 is 2.26 bits per heavy atom. The molecule has 1 rings (SSSR count). The average molecular weight is 269 g/mol. The molecule has 0 bridgehead atoms. The van der Waals surface area contributed by atoms with Gasteiger partial charge in [-0.1, -0.05) is 46.0 Å². The van der Waals surface area contributed by atoms with Gasteiger partial charge in [-0.15, -0.1) is 0 Å². The summed E-state index contributed by atoms with van der Waals surface area (Å²) >= 11 is 0. The molecule has 1 amide bonds. The Kier molecular flexibility index (Phi) is 6.89. The van der Waals surface area contributed by atoms with Gasteiger partial charge in [-0.05, 0) is 24.7 Å². The fourth-order valence-electron chi connectivity index (χ4n) is 2.75. The second-order valence-electron chi connectivity index (χ2n) is 5.83. The van der Waals surface area contributed by atoms with Crippen LogP contribution < -0.4 is 5.32 Å². The van der Waals surface area contributed by atoms with E-state index in [2.05, 4.69) is 5.32 Å². The standard InChI is InChI=1S/C15H27NO3/c1-3-11(2)14(15(18)19)16-13(17)10-12-8-6-4-5-7-9-12/h11-12,14H,3-10H2,1-2H3,(H,16,17)(H,18,19). The minimum absolute atomic E-state index is 0.0319. The second kappa shape index (κ2) is 8.18. The molecule has 4 heteroatoms. The van der Waals surface area contributed by atoms with Crippen LogP contribution in [0.25, 0.3) is 0 Å². The summed E-state index contributed by atoms with van der Waals surface area (Å²) < 4.78 is 0. The third-order valence-electron chi connectivity index (χ3n) is 4.24. The molecule has 0 spiro atoms. The number of nitrogens with one attached hydrogen (secondary N) is 1. The molecular formula is C15H27NO3. The van der Waals surface area contributed by atoms with Crippen LogP contribution in [0.2, 0.25) is 0 Å². The monoisotopic (exact) mass is 269 g/mol. The Bertz CT molecular complexity index is 296. The summed E-state index contributed by atoms with van der Waals surface area (Å²) in [5.74, 6) is -0.618. The number of carbonyl (C=O) groups excluding carboxylic acids is 1. The highest BCUT2D eigenvalue weighted by Crippen LogP contribution is 2.25. The number of amides is 1. The van der Waals surface area contributed by atoms with Crippen molar-refractivity contribution in [3.63, 3.8) is 0 Å². The smallest absolute Gasteiger partial charge is 0.326 e. The molecule has 2 unspecified atom stereocenters. The molecule has 0 radical (unpaired) electrons. The average Bonchev–Trinajstić information content (AvgIpc) is 2.63. The molecule has 0 heterocycles. The van der Waals surface area contributed by atoms with Gasteiger partial charge in [-0.2, -0.15) is 0 Å². The molecule has 2 atom stereocenters. The van der Waals surface area contributed by atoms with Crippen LogP contribution in [0.1, 0.15) is 65.2 Å². The Morgan fingerprint density at radius 1 is 1.21 bits per heavy atom. The minimum atomic E-state index is -0.927. The SMILES string of the molecule is CCC(C)C(NC(=O)CC1CCCCCC1)C(=O)O. The van der Waals surface area contributed by atoms with Crippen LogP contribution in [-0.2, 0) is 9.59 Å². The van der Waals surface area contributed by atoms with Crippen LogP contribution >= 0.6 is 0 Å². The summed E-state index contributed by atoms with van der Waals surface area (Å²) in [5.41, 5.74) is 0. The lowest BCUT2D eigenvalue weighted by atomic mass is 9.95. The quantitative estimate of drug-likeness (QED) is 0.728. The summed E-state index contributed by atoms with van der Waals surface area (Å²) in [6.45, 7) is 3.81. The van der Waals surface area contributed by atoms with E-state index in [-0.39, 0.29) is 11.8 Å². The van der Waals surface area contributed by atoms with Crippen LogP contribution in [0.4, 0.5) is 0 Å². The summed E-state index contributed by atoms with van der Waals surface area (Å²) in [7, 11) is 0. The highest BCUT2D eigenvalue weighted by molar-refractivity contribution is 5.83. The van der Waals surface area contributed by atoms with Crippen molar-refractivity contribution >= 4 is 11.9 Å². The van der Waals surface area contributed by atoms with Gasteiger partial charge in [-0.25, -0.2) is 4.79 Å². The van der Waals surface area contributed by atoms with Gasteiger partial charge in [0.1, 0.15) is 6.04 Å². The number of hydrogen-bond donors (Lipinski definition) is 2. The van der Waals surface area contributed by atoms with Crippen molar-refractivity contribution in [2.75, 3.05) is 0 Å². The van der Waals surface area contributed by atoms with E-state index in [1.807, 2.05) is 13.8 Å². The Labute approximate surface area is 116 Å². The predicted molar refractivity (Wildman–Crippen MR) is 74.8 cm³/mol. The molecule has 19 heavy (non-hydrogen) atoms. The fourth-order valence-corrected chi connectivity index (χ4v) is 2.75. The highest BCUT2D eigenvalue weighted by atomic mass is 16.4. The molecule has 0 aliphatic heterocycles. The van der Waals surface area contributed by atoms with Crippen molar-refractivity contribution in [2.45, 2.75) is 71.3 Å². The molecule has 2 N–H and O–H groups in total. The van der Waals surface area contributed by atoms with Gasteiger partial charge >= 0.3 is 5.97 Å². The molecule has 0 aromatic rings. The Hall–Kier alpha value is -1.06. The Balaban J connectivity index is 2.45. The van der Waals surface area contributed by atoms with Gasteiger partial charge in [0.15, 0.2) is 0 Å².